The molecule has 2 aliphatic rings. The third-order valence-electron chi connectivity index (χ3n) is 11.2. The minimum absolute atomic E-state index is 0.136. The highest BCUT2D eigenvalue weighted by atomic mass is 19.1. The lowest BCUT2D eigenvalue weighted by Gasteiger charge is -2.29. The van der Waals surface area contributed by atoms with Crippen LogP contribution in [0, 0.1) is 23.5 Å². The van der Waals surface area contributed by atoms with Gasteiger partial charge in [0.15, 0.2) is 11.6 Å². The molecule has 2 saturated heterocycles. The van der Waals surface area contributed by atoms with Crippen molar-refractivity contribution in [1.82, 2.24) is 40.4 Å². The fourth-order valence-corrected chi connectivity index (χ4v) is 8.10. The summed E-state index contributed by atoms with van der Waals surface area (Å²) in [5, 5.41) is 5.27. The molecule has 2 fully saturated rings. The average molecular weight is 799 g/mol. The number of nitrogens with one attached hydrogen (secondary N) is 4. The fourth-order valence-electron chi connectivity index (χ4n) is 8.10. The summed E-state index contributed by atoms with van der Waals surface area (Å²) in [6.07, 6.45) is 1.31. The van der Waals surface area contributed by atoms with Crippen LogP contribution in [0.4, 0.5) is 18.4 Å². The molecule has 3 aromatic carbocycles. The number of imidazole rings is 2. The highest BCUT2D eigenvalue weighted by Gasteiger charge is 2.39. The van der Waals surface area contributed by atoms with Gasteiger partial charge in [-0.2, -0.15) is 0 Å². The molecule has 0 radical (unpaired) electrons. The van der Waals surface area contributed by atoms with Crippen molar-refractivity contribution in [2.75, 3.05) is 27.3 Å². The number of ether oxygens (including phenoxy) is 2. The van der Waals surface area contributed by atoms with E-state index in [9.17, 15) is 19.2 Å². The smallest absolute Gasteiger partial charge is 0.407 e. The van der Waals surface area contributed by atoms with Crippen molar-refractivity contribution in [3.8, 4) is 22.3 Å². The zero-order chi connectivity index (χ0) is 41.4. The van der Waals surface area contributed by atoms with E-state index in [0.717, 1.165) is 12.8 Å². The van der Waals surface area contributed by atoms with Crippen molar-refractivity contribution in [2.45, 2.75) is 77.5 Å². The van der Waals surface area contributed by atoms with Gasteiger partial charge in [-0.1, -0.05) is 52.0 Å². The number of carbonyl (C=O) groups excluding carboxylic acids is 4. The fraction of sp³-hybridized carbons (Fsp3) is 0.429. The second kappa shape index (κ2) is 16.4. The lowest BCUT2D eigenvalue weighted by Crippen LogP contribution is -2.51. The molecular weight excluding hydrogens is 751 g/mol. The molecular formula is C42H48F2N8O6. The first-order chi connectivity index (χ1) is 27.8. The number of amides is 4. The van der Waals surface area contributed by atoms with Crippen LogP contribution in [0.2, 0.25) is 0 Å². The second-order valence-electron chi connectivity index (χ2n) is 15.6. The van der Waals surface area contributed by atoms with Crippen LogP contribution in [0.3, 0.4) is 0 Å². The van der Waals surface area contributed by atoms with Gasteiger partial charge >= 0.3 is 12.2 Å². The molecule has 4 atom stereocenters. The van der Waals surface area contributed by atoms with Crippen molar-refractivity contribution in [3.63, 3.8) is 0 Å². The van der Waals surface area contributed by atoms with E-state index in [1.54, 1.807) is 58.3 Å². The number of alkyl carbamates (subject to hydrolysis) is 2. The summed E-state index contributed by atoms with van der Waals surface area (Å²) < 4.78 is 41.9. The number of hydrogen-bond acceptors (Lipinski definition) is 8. The molecule has 2 aliphatic heterocycles. The number of carbonyl (C=O) groups is 4. The normalized spacial score (nSPS) is 18.0. The molecule has 4 heterocycles. The maximum absolute atomic E-state index is 16.2. The Morgan fingerprint density at radius 2 is 1.03 bits per heavy atom. The Kier molecular flexibility index (Phi) is 11.4. The molecule has 14 nitrogen and oxygen atoms in total. The summed E-state index contributed by atoms with van der Waals surface area (Å²) in [7, 11) is 2.49. The Bertz CT molecular complexity index is 2200. The highest BCUT2D eigenvalue weighted by molar-refractivity contribution is 5.89. The third kappa shape index (κ3) is 7.54. The number of likely N-dealkylation sites (tertiary alicyclic amines) is 2. The van der Waals surface area contributed by atoms with E-state index in [0.29, 0.717) is 70.9 Å². The van der Waals surface area contributed by atoms with Crippen LogP contribution in [0.25, 0.3) is 44.3 Å². The van der Waals surface area contributed by atoms with Crippen molar-refractivity contribution < 1.29 is 37.4 Å². The number of halogens is 2. The first-order valence-corrected chi connectivity index (χ1v) is 19.6. The number of methoxy groups -OCH3 is 2. The molecule has 7 rings (SSSR count). The topological polar surface area (TPSA) is 175 Å². The molecule has 4 N–H and O–H groups in total. The molecule has 0 unspecified atom stereocenters. The summed E-state index contributed by atoms with van der Waals surface area (Å²) in [5.74, 6) is -1.05. The van der Waals surface area contributed by atoms with Gasteiger partial charge in [-0.05, 0) is 72.9 Å². The first kappa shape index (κ1) is 40.1. The Morgan fingerprint density at radius 3 is 1.38 bits per heavy atom. The Hall–Kier alpha value is -6.06. The van der Waals surface area contributed by atoms with Gasteiger partial charge < -0.3 is 39.9 Å². The molecule has 16 heteroatoms. The van der Waals surface area contributed by atoms with E-state index in [1.165, 1.54) is 14.2 Å². The largest absolute Gasteiger partial charge is 0.453 e. The molecule has 0 bridgehead atoms. The average Bonchev–Trinajstić information content (AvgIpc) is 4.04. The zero-order valence-corrected chi connectivity index (χ0v) is 33.3. The van der Waals surface area contributed by atoms with E-state index in [2.05, 4.69) is 30.6 Å². The lowest BCUT2D eigenvalue weighted by molar-refractivity contribution is -0.136. The van der Waals surface area contributed by atoms with Crippen LogP contribution >= 0.6 is 0 Å². The number of rotatable bonds is 10. The standard InChI is InChI=1S/C42H48F2N8O6/c1-21(2)33(49-41(55)57-5)39(53)51-19-7-9-29(51)37-45-27-17-15-25(31(43)35(27)47-37)23-11-13-24(14-12-23)26-16-18-28-36(32(26)44)48-38(46-28)30-10-8-20-52(30)40(54)34(22(3)4)50-42(56)58-6/h11-18,21-22,29-30,33-34H,7-10,19-20H2,1-6H3,(H,45,47)(H,46,48)(H,49,55)(H,50,56)/t29-,30-,33-,34-/m0/s1. The lowest BCUT2D eigenvalue weighted by atomic mass is 9.99. The number of aromatic amines is 2. The van der Waals surface area contributed by atoms with Crippen LogP contribution in [0.15, 0.2) is 48.5 Å². The molecule has 0 spiro atoms. The minimum Gasteiger partial charge on any atom is -0.453 e. The van der Waals surface area contributed by atoms with E-state index < -0.39 is 48.0 Å². The van der Waals surface area contributed by atoms with Gasteiger partial charge in [0, 0.05) is 24.2 Å². The maximum atomic E-state index is 16.2. The van der Waals surface area contributed by atoms with Crippen LogP contribution < -0.4 is 10.6 Å². The maximum Gasteiger partial charge on any atom is 0.407 e. The first-order valence-electron chi connectivity index (χ1n) is 19.6. The Labute approximate surface area is 334 Å². The number of hydrogen-bond donors (Lipinski definition) is 4. The summed E-state index contributed by atoms with van der Waals surface area (Å²) in [5.41, 5.74) is 2.99. The van der Waals surface area contributed by atoms with Crippen molar-refractivity contribution >= 4 is 46.1 Å². The number of aromatic nitrogens is 4. The Balaban J connectivity index is 1.11. The highest BCUT2D eigenvalue weighted by Crippen LogP contribution is 2.37. The molecule has 0 saturated carbocycles. The molecule has 5 aromatic rings. The van der Waals surface area contributed by atoms with Crippen molar-refractivity contribution in [2.24, 2.45) is 11.8 Å². The van der Waals surface area contributed by atoms with Gasteiger partial charge in [0.25, 0.3) is 0 Å². The second-order valence-corrected chi connectivity index (χ2v) is 15.6. The van der Waals surface area contributed by atoms with Crippen LogP contribution in [-0.2, 0) is 19.1 Å². The third-order valence-corrected chi connectivity index (χ3v) is 11.2. The summed E-state index contributed by atoms with van der Waals surface area (Å²) >= 11 is 0. The SMILES string of the molecule is COC(=O)N[C@H](C(=O)N1CCC[C@H]1c1nc2c(F)c(-c3ccc(-c4ccc5[nH]c([C@@H]6CCCN6C(=O)[C@@H](NC(=O)OC)C(C)C)nc5c4F)cc3)ccc2[nH]1)C(C)C. The molecule has 0 aliphatic carbocycles. The molecule has 58 heavy (non-hydrogen) atoms. The molecule has 2 aromatic heterocycles. The van der Waals surface area contributed by atoms with Crippen molar-refractivity contribution in [3.05, 3.63) is 71.8 Å². The zero-order valence-electron chi connectivity index (χ0n) is 33.3. The van der Waals surface area contributed by atoms with Gasteiger partial charge in [0.1, 0.15) is 34.8 Å². The molecule has 4 amide bonds. The number of nitrogens with zero attached hydrogens (tertiary/aromatic N) is 4. The predicted molar refractivity (Wildman–Crippen MR) is 212 cm³/mol. The summed E-state index contributed by atoms with van der Waals surface area (Å²) in [4.78, 5) is 70.2. The van der Waals surface area contributed by atoms with E-state index in [-0.39, 0.29) is 34.7 Å². The number of fused-ring (bicyclic) bond motifs is 2. The summed E-state index contributed by atoms with van der Waals surface area (Å²) in [6, 6.07) is 11.3. The van der Waals surface area contributed by atoms with Crippen molar-refractivity contribution in [1.29, 1.82) is 0 Å². The van der Waals surface area contributed by atoms with E-state index >= 15 is 8.78 Å². The van der Waals surface area contributed by atoms with E-state index in [4.69, 9.17) is 9.47 Å². The minimum atomic E-state index is -0.794. The van der Waals surface area contributed by atoms with Crippen LogP contribution in [0.1, 0.15) is 77.1 Å². The van der Waals surface area contributed by atoms with Gasteiger partial charge in [-0.25, -0.2) is 28.3 Å². The number of benzene rings is 3. The van der Waals surface area contributed by atoms with Gasteiger partial charge in [0.05, 0.1) is 37.3 Å². The van der Waals surface area contributed by atoms with E-state index in [1.807, 2.05) is 27.7 Å². The quantitative estimate of drug-likeness (QED) is 0.115. The van der Waals surface area contributed by atoms with Gasteiger partial charge in [-0.15, -0.1) is 0 Å². The Morgan fingerprint density at radius 1 is 0.655 bits per heavy atom. The monoisotopic (exact) mass is 798 g/mol. The van der Waals surface area contributed by atoms with Crippen LogP contribution in [0.5, 0.6) is 0 Å². The molecule has 306 valence electrons. The predicted octanol–water partition coefficient (Wildman–Crippen LogP) is 7.14. The van der Waals surface area contributed by atoms with Gasteiger partial charge in [0.2, 0.25) is 11.8 Å². The van der Waals surface area contributed by atoms with Gasteiger partial charge in [-0.3, -0.25) is 9.59 Å². The number of H-pyrrole nitrogens is 2. The van der Waals surface area contributed by atoms with Crippen LogP contribution in [-0.4, -0.2) is 93.1 Å². The summed E-state index contributed by atoms with van der Waals surface area (Å²) in [6.45, 7) is 8.30.